The summed E-state index contributed by atoms with van der Waals surface area (Å²) >= 11 is 0. The van der Waals surface area contributed by atoms with E-state index in [4.69, 9.17) is 31.9 Å². The van der Waals surface area contributed by atoms with Crippen molar-refractivity contribution >= 4 is 18.4 Å². The van der Waals surface area contributed by atoms with Crippen molar-refractivity contribution in [3.8, 4) is 0 Å². The average molecular weight is 313 g/mol. The Kier molecular flexibility index (Phi) is 11.1. The summed E-state index contributed by atoms with van der Waals surface area (Å²) in [5.74, 6) is -1.00. The molecule has 0 spiro atoms. The van der Waals surface area contributed by atoms with Crippen molar-refractivity contribution in [2.75, 3.05) is 19.8 Å². The summed E-state index contributed by atoms with van der Waals surface area (Å²) in [6.07, 6.45) is 3.34. The minimum absolute atomic E-state index is 0. The quantitative estimate of drug-likeness (QED) is 0.300. The van der Waals surface area contributed by atoms with Gasteiger partial charge in [-0.05, 0) is 0 Å². The van der Waals surface area contributed by atoms with Crippen LogP contribution in [-0.2, 0) is 11.2 Å². The fraction of sp³-hybridized carbons (Fsp3) is 0.600. The third-order valence-corrected chi connectivity index (χ3v) is 2.26. The monoisotopic (exact) mass is 312 g/mol. The van der Waals surface area contributed by atoms with Gasteiger partial charge < -0.3 is 36.9 Å². The van der Waals surface area contributed by atoms with E-state index in [2.05, 4.69) is 9.97 Å². The summed E-state index contributed by atoms with van der Waals surface area (Å²) < 4.78 is 0. The molecular weight excluding hydrogens is 292 g/mol. The molecule has 20 heavy (non-hydrogen) atoms. The second-order valence-corrected chi connectivity index (χ2v) is 4.06. The Bertz CT molecular complexity index is 350. The highest BCUT2D eigenvalue weighted by molar-refractivity contribution is 5.85. The van der Waals surface area contributed by atoms with Gasteiger partial charge in [0.2, 0.25) is 0 Å². The number of carboxylic acid groups (broad SMARTS) is 1. The molecule has 9 N–H and O–H groups in total. The van der Waals surface area contributed by atoms with Crippen LogP contribution in [-0.4, -0.2) is 67.8 Å². The van der Waals surface area contributed by atoms with E-state index in [0.717, 1.165) is 5.69 Å². The fourth-order valence-corrected chi connectivity index (χ4v) is 0.871. The molecule has 1 heterocycles. The Labute approximate surface area is 122 Å². The fourth-order valence-electron chi connectivity index (χ4n) is 0.871. The van der Waals surface area contributed by atoms with Gasteiger partial charge in [0, 0.05) is 18.3 Å². The lowest BCUT2D eigenvalue weighted by Crippen LogP contribution is -2.50. The molecule has 9 nitrogen and oxygen atoms in total. The molecule has 1 rings (SSSR count). The number of aliphatic carboxylic acids is 1. The van der Waals surface area contributed by atoms with E-state index in [0.29, 0.717) is 0 Å². The largest absolute Gasteiger partial charge is 0.480 e. The highest BCUT2D eigenvalue weighted by atomic mass is 35.5. The van der Waals surface area contributed by atoms with Crippen molar-refractivity contribution in [2.45, 2.75) is 18.0 Å². The Balaban J connectivity index is 0. The highest BCUT2D eigenvalue weighted by Gasteiger charge is 2.20. The molecule has 10 heteroatoms. The molecule has 0 unspecified atom stereocenters. The van der Waals surface area contributed by atoms with Crippen LogP contribution in [0.3, 0.4) is 0 Å². The summed E-state index contributed by atoms with van der Waals surface area (Å²) in [6.45, 7) is -1.21. The third-order valence-electron chi connectivity index (χ3n) is 2.26. The number of hydrogen-bond donors (Lipinski definition) is 7. The van der Waals surface area contributed by atoms with E-state index in [1.54, 1.807) is 6.20 Å². The standard InChI is InChI=1S/C6H9N3O2.C4H11NO3.ClH/c7-5(6(10)11)1-4-2-8-3-9-4;5-4(1-6,2-7)3-8;/h2-3,5H,1,7H2,(H,8,9)(H,10,11);6-8H,1-3,5H2;1H/t5-;;/m0../s1. The summed E-state index contributed by atoms with van der Waals surface area (Å²) in [7, 11) is 0. The Hall–Kier alpha value is -1.23. The molecular formula is C10H21ClN4O5. The van der Waals surface area contributed by atoms with Crippen molar-refractivity contribution in [1.82, 2.24) is 9.97 Å². The molecule has 0 saturated carbocycles. The normalized spacial score (nSPS) is 11.8. The van der Waals surface area contributed by atoms with Crippen LogP contribution in [0.2, 0.25) is 0 Å². The SMILES string of the molecule is Cl.NC(CO)(CO)CO.N[C@@H](Cc1cnc[nH]1)C(=O)O. The molecule has 0 fully saturated rings. The smallest absolute Gasteiger partial charge is 0.320 e. The number of nitrogens with zero attached hydrogens (tertiary/aromatic N) is 1. The van der Waals surface area contributed by atoms with E-state index >= 15 is 0 Å². The van der Waals surface area contributed by atoms with Gasteiger partial charge in [-0.2, -0.15) is 0 Å². The first-order valence-corrected chi connectivity index (χ1v) is 5.45. The summed E-state index contributed by atoms with van der Waals surface area (Å²) in [6, 6.07) is -0.851. The molecule has 0 aliphatic rings. The predicted molar refractivity (Wildman–Crippen MR) is 73.3 cm³/mol. The molecule has 118 valence electrons. The van der Waals surface area contributed by atoms with Crippen molar-refractivity contribution in [3.05, 3.63) is 18.2 Å². The van der Waals surface area contributed by atoms with Gasteiger partial charge in [0.15, 0.2) is 0 Å². The summed E-state index contributed by atoms with van der Waals surface area (Å²) in [5, 5.41) is 33.4. The van der Waals surface area contributed by atoms with Gasteiger partial charge in [-0.15, -0.1) is 12.4 Å². The van der Waals surface area contributed by atoms with Gasteiger partial charge >= 0.3 is 5.97 Å². The van der Waals surface area contributed by atoms with Crippen molar-refractivity contribution < 1.29 is 25.2 Å². The van der Waals surface area contributed by atoms with Crippen LogP contribution in [0.1, 0.15) is 5.69 Å². The van der Waals surface area contributed by atoms with Crippen LogP contribution in [0.4, 0.5) is 0 Å². The molecule has 1 aromatic heterocycles. The Morgan fingerprint density at radius 3 is 2.10 bits per heavy atom. The van der Waals surface area contributed by atoms with E-state index in [9.17, 15) is 4.79 Å². The van der Waals surface area contributed by atoms with Gasteiger partial charge in [-0.1, -0.05) is 0 Å². The Morgan fingerprint density at radius 2 is 1.85 bits per heavy atom. The number of H-pyrrole nitrogens is 1. The van der Waals surface area contributed by atoms with Gasteiger partial charge in [0.05, 0.1) is 31.7 Å². The number of nitrogens with two attached hydrogens (primary N) is 2. The number of aliphatic hydroxyl groups excluding tert-OH is 3. The van der Waals surface area contributed by atoms with Crippen LogP contribution in [0.15, 0.2) is 12.5 Å². The van der Waals surface area contributed by atoms with E-state index < -0.39 is 37.4 Å². The maximum Gasteiger partial charge on any atom is 0.320 e. The predicted octanol–water partition coefficient (Wildman–Crippen LogP) is -2.55. The number of carboxylic acids is 1. The topological polar surface area (TPSA) is 179 Å². The van der Waals surface area contributed by atoms with Crippen LogP contribution >= 0.6 is 12.4 Å². The molecule has 1 atom stereocenters. The lowest BCUT2D eigenvalue weighted by Gasteiger charge is -2.20. The molecule has 1 aromatic rings. The zero-order valence-electron chi connectivity index (χ0n) is 10.8. The van der Waals surface area contributed by atoms with Gasteiger partial charge in [-0.3, -0.25) is 4.79 Å². The lowest BCUT2D eigenvalue weighted by atomic mass is 10.1. The molecule has 0 bridgehead atoms. The van der Waals surface area contributed by atoms with Crippen LogP contribution in [0.5, 0.6) is 0 Å². The molecule has 0 aliphatic heterocycles. The number of rotatable bonds is 6. The van der Waals surface area contributed by atoms with Crippen LogP contribution in [0.25, 0.3) is 0 Å². The number of aliphatic hydroxyl groups is 3. The second-order valence-electron chi connectivity index (χ2n) is 4.06. The van der Waals surface area contributed by atoms with Gasteiger partial charge in [0.1, 0.15) is 6.04 Å². The molecule has 0 amide bonds. The van der Waals surface area contributed by atoms with E-state index in [1.807, 2.05) is 0 Å². The minimum Gasteiger partial charge on any atom is -0.480 e. The van der Waals surface area contributed by atoms with Crippen LogP contribution < -0.4 is 11.5 Å². The van der Waals surface area contributed by atoms with E-state index in [1.165, 1.54) is 6.33 Å². The number of halogens is 1. The summed E-state index contributed by atoms with van der Waals surface area (Å²) in [4.78, 5) is 16.8. The first-order valence-electron chi connectivity index (χ1n) is 5.45. The number of nitrogens with one attached hydrogen (secondary N) is 1. The molecule has 0 radical (unpaired) electrons. The average Bonchev–Trinajstić information content (AvgIpc) is 2.91. The maximum absolute atomic E-state index is 10.3. The first kappa shape index (κ1) is 21.1. The zero-order chi connectivity index (χ0) is 14.9. The summed E-state index contributed by atoms with van der Waals surface area (Å²) in [5.41, 5.74) is 9.93. The van der Waals surface area contributed by atoms with Crippen molar-refractivity contribution in [3.63, 3.8) is 0 Å². The lowest BCUT2D eigenvalue weighted by molar-refractivity contribution is -0.138. The third kappa shape index (κ3) is 8.04. The van der Waals surface area contributed by atoms with Gasteiger partial charge in [0.25, 0.3) is 0 Å². The van der Waals surface area contributed by atoms with Crippen molar-refractivity contribution in [1.29, 1.82) is 0 Å². The second kappa shape index (κ2) is 10.5. The maximum atomic E-state index is 10.3. The number of carbonyl (C=O) groups is 1. The van der Waals surface area contributed by atoms with Crippen LogP contribution in [0, 0.1) is 0 Å². The Morgan fingerprint density at radius 1 is 1.35 bits per heavy atom. The van der Waals surface area contributed by atoms with E-state index in [-0.39, 0.29) is 18.8 Å². The number of aromatic nitrogens is 2. The highest BCUT2D eigenvalue weighted by Crippen LogP contribution is 1.95. The minimum atomic E-state index is -1.21. The first-order chi connectivity index (χ1) is 8.88. The zero-order valence-corrected chi connectivity index (χ0v) is 11.6. The van der Waals surface area contributed by atoms with Crippen molar-refractivity contribution in [2.24, 2.45) is 11.5 Å². The molecule has 0 aromatic carbocycles. The number of aromatic amines is 1. The number of hydrogen-bond acceptors (Lipinski definition) is 7. The van der Waals surface area contributed by atoms with Gasteiger partial charge in [-0.25, -0.2) is 4.98 Å². The number of imidazole rings is 1. The molecule has 0 aliphatic carbocycles. The molecule has 0 saturated heterocycles.